The summed E-state index contributed by atoms with van der Waals surface area (Å²) in [7, 11) is 0. The monoisotopic (exact) mass is 328 g/mol. The van der Waals surface area contributed by atoms with Gasteiger partial charge in [-0.2, -0.15) is 0 Å². The highest BCUT2D eigenvalue weighted by Crippen LogP contribution is 2.16. The molecule has 3 nitrogen and oxygen atoms in total. The number of aryl methyl sites for hydroxylation is 1. The van der Waals surface area contributed by atoms with Crippen LogP contribution < -0.4 is 0 Å². The van der Waals surface area contributed by atoms with Crippen molar-refractivity contribution in [3.05, 3.63) is 58.3 Å². The topological polar surface area (TPSA) is 23.6 Å². The molecule has 0 spiro atoms. The maximum atomic E-state index is 12.4. The minimum Gasteiger partial charge on any atom is -0.340 e. The van der Waals surface area contributed by atoms with E-state index in [0.717, 1.165) is 32.6 Å². The molecule has 3 rings (SSSR count). The third-order valence-corrected chi connectivity index (χ3v) is 5.45. The van der Waals surface area contributed by atoms with E-state index < -0.39 is 0 Å². The van der Waals surface area contributed by atoms with Crippen LogP contribution in [0.3, 0.4) is 0 Å². The first-order valence-corrected chi connectivity index (χ1v) is 9.18. The molecule has 2 aromatic rings. The summed E-state index contributed by atoms with van der Waals surface area (Å²) < 4.78 is 0. The van der Waals surface area contributed by atoms with E-state index in [4.69, 9.17) is 0 Å². The lowest BCUT2D eigenvalue weighted by Gasteiger charge is -2.40. The molecule has 1 aromatic carbocycles. The number of benzene rings is 1. The lowest BCUT2D eigenvalue weighted by molar-refractivity contribution is -0.134. The first-order valence-electron chi connectivity index (χ1n) is 8.30. The normalized spacial score (nSPS) is 19.0. The van der Waals surface area contributed by atoms with Gasteiger partial charge in [0.15, 0.2) is 0 Å². The Balaban J connectivity index is 1.48. The quantitative estimate of drug-likeness (QED) is 0.840. The smallest absolute Gasteiger partial charge is 0.223 e. The van der Waals surface area contributed by atoms with Crippen molar-refractivity contribution in [1.29, 1.82) is 0 Å². The van der Waals surface area contributed by atoms with Crippen molar-refractivity contribution in [1.82, 2.24) is 9.80 Å². The molecular formula is C19H24N2OS. The lowest BCUT2D eigenvalue weighted by Crippen LogP contribution is -2.53. The first kappa shape index (κ1) is 16.2. The van der Waals surface area contributed by atoms with Crippen LogP contribution in [0, 0.1) is 0 Å². The van der Waals surface area contributed by atoms with Crippen molar-refractivity contribution in [2.24, 2.45) is 0 Å². The van der Waals surface area contributed by atoms with Crippen molar-refractivity contribution >= 4 is 17.2 Å². The third-order valence-electron chi connectivity index (χ3n) is 4.51. The maximum Gasteiger partial charge on any atom is 0.223 e. The summed E-state index contributed by atoms with van der Waals surface area (Å²) in [5.41, 5.74) is 1.34. The lowest BCUT2D eigenvalue weighted by atomic mass is 10.1. The van der Waals surface area contributed by atoms with E-state index in [9.17, 15) is 4.79 Å². The third kappa shape index (κ3) is 4.43. The molecule has 0 aliphatic carbocycles. The Labute approximate surface area is 142 Å². The van der Waals surface area contributed by atoms with Crippen LogP contribution in [0.4, 0.5) is 0 Å². The van der Waals surface area contributed by atoms with Gasteiger partial charge in [-0.15, -0.1) is 11.3 Å². The van der Waals surface area contributed by atoms with Gasteiger partial charge in [-0.3, -0.25) is 9.69 Å². The van der Waals surface area contributed by atoms with Crippen LogP contribution in [-0.4, -0.2) is 41.4 Å². The SMILES string of the molecule is CC1CN(C(=O)CCc2cccs2)CCN1Cc1ccccc1. The maximum absolute atomic E-state index is 12.4. The number of carbonyl (C=O) groups is 1. The predicted molar refractivity (Wildman–Crippen MR) is 95.5 cm³/mol. The Kier molecular flexibility index (Phi) is 5.47. The minimum absolute atomic E-state index is 0.296. The number of piperazine rings is 1. The Bertz CT molecular complexity index is 612. The highest BCUT2D eigenvalue weighted by atomic mass is 32.1. The van der Waals surface area contributed by atoms with Crippen LogP contribution in [0.5, 0.6) is 0 Å². The second-order valence-corrected chi connectivity index (χ2v) is 7.26. The molecule has 1 aliphatic rings. The standard InChI is InChI=1S/C19H24N2OS/c1-16-14-21(19(22)10-9-18-8-5-13-23-18)12-11-20(16)15-17-6-3-2-4-7-17/h2-8,13,16H,9-12,14-15H2,1H3. The van der Waals surface area contributed by atoms with Gasteiger partial charge in [0.2, 0.25) is 5.91 Å². The fourth-order valence-corrected chi connectivity index (χ4v) is 3.83. The van der Waals surface area contributed by atoms with Crippen LogP contribution in [-0.2, 0) is 17.8 Å². The molecule has 0 radical (unpaired) electrons. The second-order valence-electron chi connectivity index (χ2n) is 6.22. The summed E-state index contributed by atoms with van der Waals surface area (Å²) in [4.78, 5) is 18.2. The van der Waals surface area contributed by atoms with Crippen LogP contribution in [0.25, 0.3) is 0 Å². The van der Waals surface area contributed by atoms with Crippen molar-refractivity contribution < 1.29 is 4.79 Å². The van der Waals surface area contributed by atoms with E-state index in [1.807, 2.05) is 4.90 Å². The van der Waals surface area contributed by atoms with Gasteiger partial charge in [0.25, 0.3) is 0 Å². The van der Waals surface area contributed by atoms with Gasteiger partial charge in [-0.05, 0) is 30.4 Å². The van der Waals surface area contributed by atoms with Crippen LogP contribution in [0.1, 0.15) is 23.8 Å². The van der Waals surface area contributed by atoms with Crippen LogP contribution in [0.2, 0.25) is 0 Å². The molecule has 1 fully saturated rings. The van der Waals surface area contributed by atoms with E-state index in [1.54, 1.807) is 11.3 Å². The van der Waals surface area contributed by atoms with Crippen molar-refractivity contribution in [3.8, 4) is 0 Å². The van der Waals surface area contributed by atoms with E-state index >= 15 is 0 Å². The molecule has 122 valence electrons. The zero-order valence-corrected chi connectivity index (χ0v) is 14.5. The summed E-state index contributed by atoms with van der Waals surface area (Å²) in [5, 5.41) is 2.07. The molecule has 1 saturated heterocycles. The number of thiophene rings is 1. The van der Waals surface area contributed by atoms with E-state index in [1.165, 1.54) is 10.4 Å². The molecule has 1 atom stereocenters. The van der Waals surface area contributed by atoms with Crippen LogP contribution in [0.15, 0.2) is 47.8 Å². The van der Waals surface area contributed by atoms with Crippen molar-refractivity contribution in [2.45, 2.75) is 32.4 Å². The summed E-state index contributed by atoms with van der Waals surface area (Å²) in [6, 6.07) is 15.1. The predicted octanol–water partition coefficient (Wildman–Crippen LogP) is 3.41. The molecule has 1 aromatic heterocycles. The molecule has 23 heavy (non-hydrogen) atoms. The number of rotatable bonds is 5. The number of amides is 1. The Morgan fingerprint density at radius 1 is 1.17 bits per heavy atom. The van der Waals surface area contributed by atoms with E-state index in [-0.39, 0.29) is 0 Å². The first-order chi connectivity index (χ1) is 11.2. The molecule has 1 unspecified atom stereocenters. The second kappa shape index (κ2) is 7.75. The van der Waals surface area contributed by atoms with Gasteiger partial charge in [0, 0.05) is 43.5 Å². The fraction of sp³-hybridized carbons (Fsp3) is 0.421. The van der Waals surface area contributed by atoms with Crippen molar-refractivity contribution in [3.63, 3.8) is 0 Å². The largest absolute Gasteiger partial charge is 0.340 e. The molecule has 1 aliphatic heterocycles. The van der Waals surface area contributed by atoms with Crippen LogP contribution >= 0.6 is 11.3 Å². The summed E-state index contributed by atoms with van der Waals surface area (Å²) in [5.74, 6) is 0.296. The highest BCUT2D eigenvalue weighted by molar-refractivity contribution is 7.09. The highest BCUT2D eigenvalue weighted by Gasteiger charge is 2.26. The molecule has 0 N–H and O–H groups in total. The van der Waals surface area contributed by atoms with Gasteiger partial charge in [0.1, 0.15) is 0 Å². The summed E-state index contributed by atoms with van der Waals surface area (Å²) >= 11 is 1.73. The summed E-state index contributed by atoms with van der Waals surface area (Å²) in [6.07, 6.45) is 1.50. The van der Waals surface area contributed by atoms with Gasteiger partial charge in [-0.1, -0.05) is 36.4 Å². The van der Waals surface area contributed by atoms with Gasteiger partial charge in [0.05, 0.1) is 0 Å². The zero-order chi connectivity index (χ0) is 16.1. The van der Waals surface area contributed by atoms with Gasteiger partial charge < -0.3 is 4.90 Å². The number of carbonyl (C=O) groups excluding carboxylic acids is 1. The zero-order valence-electron chi connectivity index (χ0n) is 13.6. The van der Waals surface area contributed by atoms with Crippen molar-refractivity contribution in [2.75, 3.05) is 19.6 Å². The number of nitrogens with zero attached hydrogens (tertiary/aromatic N) is 2. The summed E-state index contributed by atoms with van der Waals surface area (Å²) in [6.45, 7) is 5.85. The Hall–Kier alpha value is -1.65. The molecular weight excluding hydrogens is 304 g/mol. The minimum atomic E-state index is 0.296. The Morgan fingerprint density at radius 3 is 2.70 bits per heavy atom. The molecule has 2 heterocycles. The van der Waals surface area contributed by atoms with E-state index in [0.29, 0.717) is 18.4 Å². The average molecular weight is 328 g/mol. The molecule has 4 heteroatoms. The average Bonchev–Trinajstić information content (AvgIpc) is 3.09. The number of hydrogen-bond donors (Lipinski definition) is 0. The molecule has 1 amide bonds. The molecule has 0 saturated carbocycles. The van der Waals surface area contributed by atoms with E-state index in [2.05, 4.69) is 59.7 Å². The van der Waals surface area contributed by atoms with Gasteiger partial charge in [-0.25, -0.2) is 0 Å². The fourth-order valence-electron chi connectivity index (χ4n) is 3.12. The van der Waals surface area contributed by atoms with Gasteiger partial charge >= 0.3 is 0 Å². The Morgan fingerprint density at radius 2 is 2.00 bits per heavy atom. The molecule has 0 bridgehead atoms. The number of hydrogen-bond acceptors (Lipinski definition) is 3.